The molecule has 23 heavy (non-hydrogen) atoms. The number of hydrogen-bond donors (Lipinski definition) is 0. The third-order valence-electron chi connectivity index (χ3n) is 3.39. The van der Waals surface area contributed by atoms with Gasteiger partial charge in [0.1, 0.15) is 17.9 Å². The standard InChI is InChI=1S/C18H13N3O2/c1-2-9-16(22-12-13-6-3-4-10-19-13)14(7-1)17-21-15-8-5-11-20-18(15)23-17/h1-11H,12H2. The van der Waals surface area contributed by atoms with Crippen LogP contribution in [0.2, 0.25) is 0 Å². The summed E-state index contributed by atoms with van der Waals surface area (Å²) in [5, 5.41) is 0. The Balaban J connectivity index is 1.66. The minimum atomic E-state index is 0.385. The molecule has 0 fully saturated rings. The van der Waals surface area contributed by atoms with E-state index in [4.69, 9.17) is 9.15 Å². The maximum atomic E-state index is 5.89. The van der Waals surface area contributed by atoms with Crippen LogP contribution in [-0.4, -0.2) is 15.0 Å². The molecular weight excluding hydrogens is 290 g/mol. The predicted molar refractivity (Wildman–Crippen MR) is 85.8 cm³/mol. The summed E-state index contributed by atoms with van der Waals surface area (Å²) in [5.74, 6) is 1.19. The van der Waals surface area contributed by atoms with E-state index in [9.17, 15) is 0 Å². The lowest BCUT2D eigenvalue weighted by molar-refractivity contribution is 0.302. The lowest BCUT2D eigenvalue weighted by atomic mass is 10.2. The number of aromatic nitrogens is 3. The summed E-state index contributed by atoms with van der Waals surface area (Å²) in [6, 6.07) is 17.1. The lowest BCUT2D eigenvalue weighted by Gasteiger charge is -2.08. The summed E-state index contributed by atoms with van der Waals surface area (Å²) in [6.45, 7) is 0.385. The van der Waals surface area contributed by atoms with Crippen molar-refractivity contribution < 1.29 is 9.15 Å². The topological polar surface area (TPSA) is 61.0 Å². The first-order valence-corrected chi connectivity index (χ1v) is 7.24. The number of nitrogens with zero attached hydrogens (tertiary/aromatic N) is 3. The van der Waals surface area contributed by atoms with E-state index in [-0.39, 0.29) is 0 Å². The van der Waals surface area contributed by atoms with Crippen molar-refractivity contribution in [3.8, 4) is 17.2 Å². The summed E-state index contributed by atoms with van der Waals surface area (Å²) < 4.78 is 11.6. The van der Waals surface area contributed by atoms with Crippen molar-refractivity contribution in [1.82, 2.24) is 15.0 Å². The summed E-state index contributed by atoms with van der Waals surface area (Å²) in [6.07, 6.45) is 3.43. The van der Waals surface area contributed by atoms with Crippen molar-refractivity contribution >= 4 is 11.2 Å². The van der Waals surface area contributed by atoms with Crippen molar-refractivity contribution in [3.63, 3.8) is 0 Å². The van der Waals surface area contributed by atoms with Gasteiger partial charge in [0.15, 0.2) is 0 Å². The minimum absolute atomic E-state index is 0.385. The third-order valence-corrected chi connectivity index (χ3v) is 3.39. The SMILES string of the molecule is c1ccc(COc2ccccc2-c2nc3cccnc3o2)nc1. The molecule has 0 aliphatic heterocycles. The number of rotatable bonds is 4. The molecule has 1 aromatic carbocycles. The van der Waals surface area contributed by atoms with Crippen LogP contribution in [0, 0.1) is 0 Å². The maximum Gasteiger partial charge on any atom is 0.247 e. The second kappa shape index (κ2) is 5.88. The Hall–Kier alpha value is -3.21. The highest BCUT2D eigenvalue weighted by atomic mass is 16.5. The Kier molecular flexibility index (Phi) is 3.44. The average Bonchev–Trinajstić information content (AvgIpc) is 3.05. The smallest absolute Gasteiger partial charge is 0.247 e. The van der Waals surface area contributed by atoms with Crippen molar-refractivity contribution in [2.24, 2.45) is 0 Å². The highest BCUT2D eigenvalue weighted by Gasteiger charge is 2.13. The number of ether oxygens (including phenoxy) is 1. The van der Waals surface area contributed by atoms with E-state index in [0.717, 1.165) is 16.8 Å². The number of pyridine rings is 2. The maximum absolute atomic E-state index is 5.89. The second-order valence-electron chi connectivity index (χ2n) is 4.95. The molecule has 0 N–H and O–H groups in total. The molecule has 0 atom stereocenters. The molecule has 0 aliphatic rings. The second-order valence-corrected chi connectivity index (χ2v) is 4.95. The van der Waals surface area contributed by atoms with E-state index in [1.165, 1.54) is 0 Å². The molecule has 0 unspecified atom stereocenters. The molecule has 5 heteroatoms. The molecule has 0 saturated carbocycles. The van der Waals surface area contributed by atoms with Crippen LogP contribution in [0.4, 0.5) is 0 Å². The molecular formula is C18H13N3O2. The van der Waals surface area contributed by atoms with Gasteiger partial charge in [-0.05, 0) is 36.4 Å². The highest BCUT2D eigenvalue weighted by Crippen LogP contribution is 2.31. The van der Waals surface area contributed by atoms with Gasteiger partial charge >= 0.3 is 0 Å². The van der Waals surface area contributed by atoms with Crippen LogP contribution >= 0.6 is 0 Å². The van der Waals surface area contributed by atoms with Gasteiger partial charge in [-0.25, -0.2) is 9.97 Å². The van der Waals surface area contributed by atoms with Crippen LogP contribution in [-0.2, 0) is 6.61 Å². The van der Waals surface area contributed by atoms with E-state index in [1.54, 1.807) is 12.4 Å². The Morgan fingerprint density at radius 1 is 0.870 bits per heavy atom. The van der Waals surface area contributed by atoms with E-state index in [1.807, 2.05) is 54.6 Å². The van der Waals surface area contributed by atoms with Crippen molar-refractivity contribution in [2.75, 3.05) is 0 Å². The number of benzene rings is 1. The van der Waals surface area contributed by atoms with Gasteiger partial charge in [-0.2, -0.15) is 0 Å². The fraction of sp³-hybridized carbons (Fsp3) is 0.0556. The van der Waals surface area contributed by atoms with Gasteiger partial charge in [0.2, 0.25) is 11.6 Å². The molecule has 0 amide bonds. The van der Waals surface area contributed by atoms with Gasteiger partial charge in [-0.3, -0.25) is 4.98 Å². The Morgan fingerprint density at radius 2 is 1.74 bits per heavy atom. The van der Waals surface area contributed by atoms with E-state index < -0.39 is 0 Å². The van der Waals surface area contributed by atoms with Crippen LogP contribution in [0.25, 0.3) is 22.7 Å². The fourth-order valence-corrected chi connectivity index (χ4v) is 2.29. The molecule has 3 aromatic heterocycles. The first-order chi connectivity index (χ1) is 11.4. The summed E-state index contributed by atoms with van der Waals surface area (Å²) in [7, 11) is 0. The van der Waals surface area contributed by atoms with E-state index in [2.05, 4.69) is 15.0 Å². The zero-order valence-corrected chi connectivity index (χ0v) is 12.2. The van der Waals surface area contributed by atoms with Crippen molar-refractivity contribution in [1.29, 1.82) is 0 Å². The lowest BCUT2D eigenvalue weighted by Crippen LogP contribution is -1.98. The van der Waals surface area contributed by atoms with Gasteiger partial charge in [-0.1, -0.05) is 18.2 Å². The zero-order chi connectivity index (χ0) is 15.5. The highest BCUT2D eigenvalue weighted by molar-refractivity contribution is 5.74. The first kappa shape index (κ1) is 13.5. The Labute approximate surface area is 132 Å². The summed E-state index contributed by atoms with van der Waals surface area (Å²) >= 11 is 0. The minimum Gasteiger partial charge on any atom is -0.486 e. The molecule has 0 spiro atoms. The predicted octanol–water partition coefficient (Wildman–Crippen LogP) is 3.86. The number of fused-ring (bicyclic) bond motifs is 1. The van der Waals surface area contributed by atoms with Gasteiger partial charge in [0, 0.05) is 12.4 Å². The molecule has 5 nitrogen and oxygen atoms in total. The molecule has 0 radical (unpaired) electrons. The molecule has 3 heterocycles. The number of para-hydroxylation sites is 1. The van der Waals surface area contributed by atoms with Crippen LogP contribution < -0.4 is 4.74 Å². The monoisotopic (exact) mass is 303 g/mol. The van der Waals surface area contributed by atoms with Crippen LogP contribution in [0.1, 0.15) is 5.69 Å². The molecule has 4 aromatic rings. The molecule has 112 valence electrons. The van der Waals surface area contributed by atoms with Gasteiger partial charge in [0.25, 0.3) is 0 Å². The molecule has 0 aliphatic carbocycles. The summed E-state index contributed by atoms with van der Waals surface area (Å²) in [4.78, 5) is 12.9. The molecule has 0 bridgehead atoms. The molecule has 4 rings (SSSR count). The first-order valence-electron chi connectivity index (χ1n) is 7.24. The average molecular weight is 303 g/mol. The van der Waals surface area contributed by atoms with E-state index >= 15 is 0 Å². The van der Waals surface area contributed by atoms with Gasteiger partial charge in [-0.15, -0.1) is 0 Å². The van der Waals surface area contributed by atoms with Gasteiger partial charge < -0.3 is 9.15 Å². The van der Waals surface area contributed by atoms with Crippen molar-refractivity contribution in [2.45, 2.75) is 6.61 Å². The zero-order valence-electron chi connectivity index (χ0n) is 12.2. The number of oxazole rings is 1. The molecule has 0 saturated heterocycles. The Morgan fingerprint density at radius 3 is 2.61 bits per heavy atom. The van der Waals surface area contributed by atoms with Crippen molar-refractivity contribution in [3.05, 3.63) is 72.7 Å². The van der Waals surface area contributed by atoms with Crippen LogP contribution in [0.3, 0.4) is 0 Å². The summed E-state index contributed by atoms with van der Waals surface area (Å²) in [5.41, 5.74) is 2.90. The Bertz CT molecular complexity index is 902. The van der Waals surface area contributed by atoms with E-state index in [0.29, 0.717) is 24.0 Å². The largest absolute Gasteiger partial charge is 0.486 e. The fourth-order valence-electron chi connectivity index (χ4n) is 2.29. The quantitative estimate of drug-likeness (QED) is 0.573. The van der Waals surface area contributed by atoms with Gasteiger partial charge in [0.05, 0.1) is 11.3 Å². The number of hydrogen-bond acceptors (Lipinski definition) is 5. The third kappa shape index (κ3) is 2.76. The van der Waals surface area contributed by atoms with Crippen LogP contribution in [0.15, 0.2) is 71.4 Å². The van der Waals surface area contributed by atoms with Crippen LogP contribution in [0.5, 0.6) is 5.75 Å². The normalized spacial score (nSPS) is 10.8.